The van der Waals surface area contributed by atoms with Crippen LogP contribution < -0.4 is 5.73 Å². The normalized spacial score (nSPS) is 27.3. The molecule has 0 aromatic rings. The number of hydrogen-bond donors (Lipinski definition) is 1. The van der Waals surface area contributed by atoms with Gasteiger partial charge in [0, 0.05) is 19.1 Å². The average molecular weight is 254 g/mol. The van der Waals surface area contributed by atoms with Crippen LogP contribution in [0.5, 0.6) is 0 Å². The van der Waals surface area contributed by atoms with Gasteiger partial charge in [-0.15, -0.1) is 0 Å². The molecule has 1 heterocycles. The SMILES string of the molecule is CCCCC(CC)CN1CCCC(CC)C1CN. The summed E-state index contributed by atoms with van der Waals surface area (Å²) in [5.41, 5.74) is 6.04. The van der Waals surface area contributed by atoms with Gasteiger partial charge in [-0.3, -0.25) is 4.90 Å². The lowest BCUT2D eigenvalue weighted by molar-refractivity contribution is 0.0762. The molecule has 0 aliphatic carbocycles. The van der Waals surface area contributed by atoms with Crippen LogP contribution in [-0.2, 0) is 0 Å². The first-order valence-electron chi connectivity index (χ1n) is 8.20. The van der Waals surface area contributed by atoms with Crippen molar-refractivity contribution in [1.82, 2.24) is 4.90 Å². The molecule has 2 heteroatoms. The fourth-order valence-corrected chi connectivity index (χ4v) is 3.51. The molecule has 1 aliphatic rings. The summed E-state index contributed by atoms with van der Waals surface area (Å²) in [7, 11) is 0. The molecule has 108 valence electrons. The maximum Gasteiger partial charge on any atom is 0.0246 e. The van der Waals surface area contributed by atoms with Gasteiger partial charge in [0.05, 0.1) is 0 Å². The molecule has 2 N–H and O–H groups in total. The van der Waals surface area contributed by atoms with E-state index in [1.807, 2.05) is 0 Å². The van der Waals surface area contributed by atoms with Gasteiger partial charge < -0.3 is 5.73 Å². The summed E-state index contributed by atoms with van der Waals surface area (Å²) < 4.78 is 0. The Morgan fingerprint density at radius 2 is 2.06 bits per heavy atom. The average Bonchev–Trinajstić information content (AvgIpc) is 2.42. The predicted molar refractivity (Wildman–Crippen MR) is 80.7 cm³/mol. The molecule has 0 aromatic carbocycles. The standard InChI is InChI=1S/C16H34N2/c1-4-7-9-14(5-2)13-18-11-8-10-15(6-3)16(18)12-17/h14-16H,4-13,17H2,1-3H3. The lowest BCUT2D eigenvalue weighted by Gasteiger charge is -2.42. The van der Waals surface area contributed by atoms with Crippen LogP contribution in [0.25, 0.3) is 0 Å². The molecule has 2 nitrogen and oxygen atoms in total. The van der Waals surface area contributed by atoms with Gasteiger partial charge in [0.2, 0.25) is 0 Å². The second-order valence-electron chi connectivity index (χ2n) is 6.03. The monoisotopic (exact) mass is 254 g/mol. The Morgan fingerprint density at radius 1 is 1.28 bits per heavy atom. The van der Waals surface area contributed by atoms with Crippen LogP contribution >= 0.6 is 0 Å². The summed E-state index contributed by atoms with van der Waals surface area (Å²) in [5.74, 6) is 1.72. The number of unbranched alkanes of at least 4 members (excludes halogenated alkanes) is 1. The molecule has 3 unspecified atom stereocenters. The summed E-state index contributed by atoms with van der Waals surface area (Å²) in [5, 5.41) is 0. The largest absolute Gasteiger partial charge is 0.329 e. The summed E-state index contributed by atoms with van der Waals surface area (Å²) in [4.78, 5) is 2.71. The molecular weight excluding hydrogens is 220 g/mol. The van der Waals surface area contributed by atoms with Crippen molar-refractivity contribution in [2.24, 2.45) is 17.6 Å². The van der Waals surface area contributed by atoms with E-state index in [0.717, 1.165) is 18.4 Å². The Balaban J connectivity index is 2.50. The van der Waals surface area contributed by atoms with E-state index in [9.17, 15) is 0 Å². The summed E-state index contributed by atoms with van der Waals surface area (Å²) >= 11 is 0. The van der Waals surface area contributed by atoms with E-state index in [0.29, 0.717) is 6.04 Å². The highest BCUT2D eigenvalue weighted by atomic mass is 15.2. The predicted octanol–water partition coefficient (Wildman–Crippen LogP) is 3.65. The number of piperidine rings is 1. The van der Waals surface area contributed by atoms with E-state index in [2.05, 4.69) is 25.7 Å². The zero-order valence-electron chi connectivity index (χ0n) is 12.8. The van der Waals surface area contributed by atoms with Crippen LogP contribution in [0, 0.1) is 11.8 Å². The van der Waals surface area contributed by atoms with Crippen molar-refractivity contribution in [3.8, 4) is 0 Å². The maximum atomic E-state index is 6.04. The summed E-state index contributed by atoms with van der Waals surface area (Å²) in [6.45, 7) is 10.4. The van der Waals surface area contributed by atoms with Gasteiger partial charge in [0.1, 0.15) is 0 Å². The van der Waals surface area contributed by atoms with Crippen LogP contribution in [0.2, 0.25) is 0 Å². The fraction of sp³-hybridized carbons (Fsp3) is 1.00. The van der Waals surface area contributed by atoms with E-state index in [1.165, 1.54) is 58.0 Å². The third kappa shape index (κ3) is 4.55. The highest BCUT2D eigenvalue weighted by Crippen LogP contribution is 2.27. The first-order valence-corrected chi connectivity index (χ1v) is 8.20. The van der Waals surface area contributed by atoms with E-state index in [-0.39, 0.29) is 0 Å². The highest BCUT2D eigenvalue weighted by Gasteiger charge is 2.29. The lowest BCUT2D eigenvalue weighted by atomic mass is 9.86. The van der Waals surface area contributed by atoms with E-state index in [4.69, 9.17) is 5.73 Å². The Kier molecular flexibility index (Phi) is 7.92. The molecular formula is C16H34N2. The molecule has 1 aliphatic heterocycles. The molecule has 0 amide bonds. The topological polar surface area (TPSA) is 29.3 Å². The fourth-order valence-electron chi connectivity index (χ4n) is 3.51. The van der Waals surface area contributed by atoms with Crippen molar-refractivity contribution in [1.29, 1.82) is 0 Å². The van der Waals surface area contributed by atoms with Gasteiger partial charge in [0.15, 0.2) is 0 Å². The van der Waals surface area contributed by atoms with E-state index >= 15 is 0 Å². The van der Waals surface area contributed by atoms with Crippen molar-refractivity contribution in [2.75, 3.05) is 19.6 Å². The second-order valence-corrected chi connectivity index (χ2v) is 6.03. The second kappa shape index (κ2) is 8.92. The van der Waals surface area contributed by atoms with Gasteiger partial charge >= 0.3 is 0 Å². The zero-order valence-corrected chi connectivity index (χ0v) is 12.8. The first kappa shape index (κ1) is 16.0. The smallest absolute Gasteiger partial charge is 0.0246 e. The molecule has 18 heavy (non-hydrogen) atoms. The first-order chi connectivity index (χ1) is 8.76. The zero-order chi connectivity index (χ0) is 13.4. The van der Waals surface area contributed by atoms with Crippen molar-refractivity contribution < 1.29 is 0 Å². The van der Waals surface area contributed by atoms with Crippen LogP contribution in [-0.4, -0.2) is 30.6 Å². The Bertz CT molecular complexity index is 205. The summed E-state index contributed by atoms with van der Waals surface area (Å²) in [6.07, 6.45) is 9.50. The molecule has 0 radical (unpaired) electrons. The highest BCUT2D eigenvalue weighted by molar-refractivity contribution is 4.85. The quantitative estimate of drug-likeness (QED) is 0.716. The van der Waals surface area contributed by atoms with Gasteiger partial charge in [-0.05, 0) is 37.6 Å². The Hall–Kier alpha value is -0.0800. The van der Waals surface area contributed by atoms with Crippen molar-refractivity contribution in [3.05, 3.63) is 0 Å². The number of rotatable bonds is 8. The number of nitrogens with zero attached hydrogens (tertiary/aromatic N) is 1. The number of hydrogen-bond acceptors (Lipinski definition) is 2. The molecule has 1 rings (SSSR count). The van der Waals surface area contributed by atoms with Gasteiger partial charge in [-0.1, -0.05) is 46.5 Å². The maximum absolute atomic E-state index is 6.04. The van der Waals surface area contributed by atoms with Gasteiger partial charge in [-0.25, -0.2) is 0 Å². The van der Waals surface area contributed by atoms with E-state index in [1.54, 1.807) is 0 Å². The molecule has 1 saturated heterocycles. The van der Waals surface area contributed by atoms with Crippen molar-refractivity contribution in [3.63, 3.8) is 0 Å². The molecule has 1 fully saturated rings. The van der Waals surface area contributed by atoms with E-state index < -0.39 is 0 Å². The van der Waals surface area contributed by atoms with Crippen molar-refractivity contribution >= 4 is 0 Å². The van der Waals surface area contributed by atoms with Gasteiger partial charge in [-0.2, -0.15) is 0 Å². The Morgan fingerprint density at radius 3 is 2.61 bits per heavy atom. The van der Waals surface area contributed by atoms with Crippen LogP contribution in [0.4, 0.5) is 0 Å². The minimum atomic E-state index is 0.652. The number of nitrogens with two attached hydrogens (primary N) is 1. The third-order valence-electron chi connectivity index (χ3n) is 4.84. The van der Waals surface area contributed by atoms with Crippen LogP contribution in [0.1, 0.15) is 65.7 Å². The Labute approximate surface area is 114 Å². The van der Waals surface area contributed by atoms with Crippen LogP contribution in [0.15, 0.2) is 0 Å². The van der Waals surface area contributed by atoms with Crippen LogP contribution in [0.3, 0.4) is 0 Å². The minimum absolute atomic E-state index is 0.652. The summed E-state index contributed by atoms with van der Waals surface area (Å²) in [6, 6.07) is 0.652. The minimum Gasteiger partial charge on any atom is -0.329 e. The molecule has 0 bridgehead atoms. The van der Waals surface area contributed by atoms with Gasteiger partial charge in [0.25, 0.3) is 0 Å². The molecule has 0 saturated carbocycles. The molecule has 3 atom stereocenters. The molecule has 0 aromatic heterocycles. The van der Waals surface area contributed by atoms with Crippen molar-refractivity contribution in [2.45, 2.75) is 71.8 Å². The molecule has 0 spiro atoms. The third-order valence-corrected chi connectivity index (χ3v) is 4.84. The lowest BCUT2D eigenvalue weighted by Crippen LogP contribution is -2.50. The number of likely N-dealkylation sites (tertiary alicyclic amines) is 1.